The first kappa shape index (κ1) is 40.4. The molecule has 4 N–H and O–H groups in total. The quantitative estimate of drug-likeness (QED) is 0.120. The van der Waals surface area contributed by atoms with Gasteiger partial charge < -0.3 is 49.6 Å². The van der Waals surface area contributed by atoms with Crippen molar-refractivity contribution in [2.24, 2.45) is 0 Å². The molecule has 0 saturated heterocycles. The Kier molecular flexibility index (Phi) is 16.2. The monoisotopic (exact) mass is 734 g/mol. The number of amides is 1. The number of hydrogen-bond acceptors (Lipinski definition) is 12. The molecule has 1 amide bonds. The predicted molar refractivity (Wildman–Crippen MR) is 147 cm³/mol. The van der Waals surface area contributed by atoms with Crippen LogP contribution in [0.3, 0.4) is 0 Å². The number of benzene rings is 1. The number of aromatic amines is 1. The summed E-state index contributed by atoms with van der Waals surface area (Å²) >= 11 is 0. The largest absolute Gasteiger partial charge is 0.549 e. The van der Waals surface area contributed by atoms with Crippen LogP contribution >= 0.6 is 0 Å². The number of halogens is 3. The van der Waals surface area contributed by atoms with Crippen molar-refractivity contribution in [3.63, 3.8) is 0 Å². The number of carbonyl (C=O) groups excluding carboxylic acids is 3. The Hall–Kier alpha value is -3.65. The number of aromatic nitrogens is 1. The van der Waals surface area contributed by atoms with Gasteiger partial charge >= 0.3 is 18.1 Å². The van der Waals surface area contributed by atoms with Crippen LogP contribution in [0.1, 0.15) is 5.56 Å². The van der Waals surface area contributed by atoms with Crippen LogP contribution in [-0.2, 0) is 62.9 Å². The number of nitrogens with zero attached hydrogens (tertiary/aromatic N) is 3. The first-order valence-corrected chi connectivity index (χ1v) is 12.9. The van der Waals surface area contributed by atoms with Crippen molar-refractivity contribution < 1.29 is 94.6 Å². The number of pyridine rings is 1. The van der Waals surface area contributed by atoms with Crippen LogP contribution < -0.4 is 25.5 Å². The molecule has 251 valence electrons. The van der Waals surface area contributed by atoms with E-state index in [0.717, 1.165) is 21.9 Å². The summed E-state index contributed by atoms with van der Waals surface area (Å²) in [6, 6.07) is 2.11. The second-order valence-corrected chi connectivity index (χ2v) is 9.50. The predicted octanol–water partition coefficient (Wildman–Crippen LogP) is -1.57. The number of H-pyrrole nitrogens is 1. The van der Waals surface area contributed by atoms with Crippen LogP contribution in [0.25, 0.3) is 10.9 Å². The molecular formula is C26H30F3N5O11Y-2. The number of nitrogens with one attached hydrogen (secondary N) is 2. The topological polar surface area (TPSA) is 222 Å². The van der Waals surface area contributed by atoms with Crippen LogP contribution in [0, 0.1) is 0 Å². The molecule has 0 spiro atoms. The Morgan fingerprint density at radius 3 is 1.93 bits per heavy atom. The zero-order chi connectivity index (χ0) is 33.9. The van der Waals surface area contributed by atoms with E-state index in [4.69, 9.17) is 14.6 Å². The Balaban J connectivity index is 0.0000106. The van der Waals surface area contributed by atoms with Gasteiger partial charge in [0.15, 0.2) is 11.5 Å². The van der Waals surface area contributed by atoms with E-state index in [1.54, 1.807) is 0 Å². The molecule has 2 rings (SSSR count). The molecule has 46 heavy (non-hydrogen) atoms. The van der Waals surface area contributed by atoms with E-state index < -0.39 is 84.9 Å². The average Bonchev–Trinajstić information content (AvgIpc) is 2.92. The molecule has 0 aliphatic rings. The molecule has 0 unspecified atom stereocenters. The number of anilines is 1. The number of methoxy groups -OCH3 is 2. The van der Waals surface area contributed by atoms with Gasteiger partial charge in [-0.25, -0.2) is 6.29 Å². The Labute approximate surface area is 284 Å². The number of carboxylic acids is 3. The number of aliphatic carboxylic acids is 3. The maximum Gasteiger partial charge on any atom is 0.419 e. The van der Waals surface area contributed by atoms with Gasteiger partial charge in [0.05, 0.1) is 50.9 Å². The van der Waals surface area contributed by atoms with Crippen LogP contribution in [0.2, 0.25) is 0 Å². The fourth-order valence-electron chi connectivity index (χ4n) is 4.34. The summed E-state index contributed by atoms with van der Waals surface area (Å²) in [5.41, 5.74) is -4.10. The number of carbonyl (C=O) groups is 4. The number of alkyl halides is 3. The van der Waals surface area contributed by atoms with Gasteiger partial charge in [-0.05, 0) is 6.07 Å². The number of hydrogen-bond donors (Lipinski definition) is 4. The summed E-state index contributed by atoms with van der Waals surface area (Å²) in [7, 11) is 2.44. The van der Waals surface area contributed by atoms with Gasteiger partial charge in [-0.3, -0.25) is 29.0 Å². The summed E-state index contributed by atoms with van der Waals surface area (Å²) < 4.78 is 52.8. The van der Waals surface area contributed by atoms with Gasteiger partial charge in [0.1, 0.15) is 5.69 Å². The molecule has 0 aliphatic heterocycles. The molecule has 0 saturated carbocycles. The number of ether oxygens (including phenoxy) is 2. The van der Waals surface area contributed by atoms with Gasteiger partial charge in [0, 0.05) is 76.9 Å². The van der Waals surface area contributed by atoms with Gasteiger partial charge in [0.25, 0.3) is 5.56 Å². The minimum atomic E-state index is -5.12. The molecular weight excluding hydrogens is 704 g/mol. The van der Waals surface area contributed by atoms with Crippen LogP contribution in [-0.4, -0.2) is 133 Å². The average molecular weight is 734 g/mol. The molecule has 0 bridgehead atoms. The minimum Gasteiger partial charge on any atom is -0.549 e. The van der Waals surface area contributed by atoms with Crippen molar-refractivity contribution in [3.8, 4) is 11.5 Å². The van der Waals surface area contributed by atoms with E-state index in [9.17, 15) is 52.2 Å². The van der Waals surface area contributed by atoms with E-state index in [1.807, 2.05) is 5.32 Å². The van der Waals surface area contributed by atoms with Crippen molar-refractivity contribution in [1.82, 2.24) is 19.7 Å². The summed E-state index contributed by atoms with van der Waals surface area (Å²) in [5.74, 6) is -5.35. The molecule has 0 aliphatic carbocycles. The molecule has 0 fully saturated rings. The van der Waals surface area contributed by atoms with E-state index in [0.29, 0.717) is 0 Å². The third-order valence-corrected chi connectivity index (χ3v) is 6.26. The number of fused-ring (bicyclic) bond motifs is 1. The third-order valence-electron chi connectivity index (χ3n) is 6.26. The van der Waals surface area contributed by atoms with Gasteiger partial charge in [-0.2, -0.15) is 13.2 Å². The zero-order valence-electron chi connectivity index (χ0n) is 24.6. The molecule has 1 heterocycles. The number of rotatable bonds is 19. The molecule has 1 aromatic heterocycles. The van der Waals surface area contributed by atoms with Gasteiger partial charge in [-0.15, -0.1) is 0 Å². The normalized spacial score (nSPS) is 11.4. The Morgan fingerprint density at radius 1 is 0.913 bits per heavy atom. The van der Waals surface area contributed by atoms with Crippen LogP contribution in [0.4, 0.5) is 18.9 Å². The summed E-state index contributed by atoms with van der Waals surface area (Å²) in [6.07, 6.45) is -3.59. The Bertz CT molecular complexity index is 1460. The van der Waals surface area contributed by atoms with Gasteiger partial charge in [0.2, 0.25) is 5.91 Å². The van der Waals surface area contributed by atoms with Crippen LogP contribution in [0.15, 0.2) is 16.9 Å². The van der Waals surface area contributed by atoms with Crippen LogP contribution in [0.5, 0.6) is 11.5 Å². The van der Waals surface area contributed by atoms with Crippen molar-refractivity contribution in [1.29, 1.82) is 0 Å². The molecule has 16 nitrogen and oxygen atoms in total. The Morgan fingerprint density at radius 2 is 1.43 bits per heavy atom. The zero-order valence-corrected chi connectivity index (χ0v) is 27.5. The van der Waals surface area contributed by atoms with E-state index in [1.165, 1.54) is 25.4 Å². The summed E-state index contributed by atoms with van der Waals surface area (Å²) in [4.78, 5) is 75.6. The molecule has 1 aromatic carbocycles. The third kappa shape index (κ3) is 12.3. The molecule has 2 aromatic rings. The second-order valence-electron chi connectivity index (χ2n) is 9.50. The molecule has 0 atom stereocenters. The first-order valence-electron chi connectivity index (χ1n) is 12.9. The second kappa shape index (κ2) is 18.5. The van der Waals surface area contributed by atoms with Gasteiger partial charge in [-0.1, -0.05) is 6.54 Å². The summed E-state index contributed by atoms with van der Waals surface area (Å²) in [6.45, 7) is -3.95. The SMILES string of the molecule is COc1cc2[nH]c(=O)c(NC(=O)CN(C[C-]=O)CCN(CCN(CC(=O)[O-])CC(=O)O)CC(=O)O)c(C(F)(F)F)c2cc1OC.[Y]. The molecule has 1 radical (unpaired) electrons. The molecule has 20 heteroatoms. The summed E-state index contributed by atoms with van der Waals surface area (Å²) in [5, 5.41) is 30.6. The van der Waals surface area contributed by atoms with E-state index in [2.05, 4.69) is 4.98 Å². The standard InChI is InChI=1S/C26H31F3N5O11.Y/c1-44-17-9-15-16(10-18(17)45-2)30-25(43)24(23(15)26(27,28)29)31-19(36)11-33(7-8-35)4-3-32(12-20(37)38)5-6-34(13-21(39)40)14-22(41)42;/h9-10H,3-7,11-14H2,1-2H3,(H,30,43)(H,31,36)(H,37,38)(H,39,40)(H,41,42);/q-1;/p-1. The van der Waals surface area contributed by atoms with Crippen molar-refractivity contribution in [2.45, 2.75) is 6.18 Å². The van der Waals surface area contributed by atoms with Crippen molar-refractivity contribution in [2.75, 3.05) is 78.4 Å². The smallest absolute Gasteiger partial charge is 0.419 e. The maximum absolute atomic E-state index is 14.2. The van der Waals surface area contributed by atoms with E-state index in [-0.39, 0.29) is 75.9 Å². The number of carboxylic acid groups (broad SMARTS) is 3. The van der Waals surface area contributed by atoms with Crippen molar-refractivity contribution in [3.05, 3.63) is 28.0 Å². The van der Waals surface area contributed by atoms with Crippen molar-refractivity contribution >= 4 is 46.7 Å². The maximum atomic E-state index is 14.2. The fourth-order valence-corrected chi connectivity index (χ4v) is 4.34. The van der Waals surface area contributed by atoms with E-state index >= 15 is 0 Å². The fraction of sp³-hybridized carbons (Fsp3) is 0.462. The first-order chi connectivity index (χ1) is 21.1. The minimum absolute atomic E-state index is 0.